The molecule has 0 aliphatic carbocycles. The van der Waals surface area contributed by atoms with Crippen LogP contribution in [0.4, 0.5) is 24.5 Å². The van der Waals surface area contributed by atoms with Gasteiger partial charge in [0, 0.05) is 43.8 Å². The number of carbonyl (C=O) groups excluding carboxylic acids is 1. The number of halogens is 3. The van der Waals surface area contributed by atoms with Gasteiger partial charge in [-0.05, 0) is 85.1 Å². The van der Waals surface area contributed by atoms with Gasteiger partial charge in [0.25, 0.3) is 0 Å². The number of carbonyl (C=O) groups is 1. The van der Waals surface area contributed by atoms with Gasteiger partial charge < -0.3 is 15.0 Å². The number of allylic oxidation sites excluding steroid dienone is 3. The van der Waals surface area contributed by atoms with Crippen molar-refractivity contribution in [1.82, 2.24) is 0 Å². The molecule has 0 bridgehead atoms. The molecule has 1 fully saturated rings. The minimum atomic E-state index is -4.36. The number of nitrogens with zero attached hydrogens (tertiary/aromatic N) is 1. The standard InChI is InChI=1S/C29H33F3N2O2/c1-3-4-25(33-26-11-7-22-8-12-28(35)34(2)27(22)19-26)18-23(17-20-13-15-36-16-14-20)21-5-9-24(10-6-21)29(30,31)32/h4-7,9-11,18-20,33H,3,8,12-17H2,1-2H3/b23-18+,25-4-. The lowest BCUT2D eigenvalue weighted by Crippen LogP contribution is -2.31. The van der Waals surface area contributed by atoms with Crippen LogP contribution >= 0.6 is 0 Å². The zero-order chi connectivity index (χ0) is 25.7. The van der Waals surface area contributed by atoms with E-state index in [0.29, 0.717) is 25.6 Å². The van der Waals surface area contributed by atoms with E-state index in [1.165, 1.54) is 0 Å². The van der Waals surface area contributed by atoms with Gasteiger partial charge >= 0.3 is 6.18 Å². The molecule has 1 saturated heterocycles. The second-order valence-corrected chi connectivity index (χ2v) is 9.49. The van der Waals surface area contributed by atoms with E-state index < -0.39 is 11.7 Å². The van der Waals surface area contributed by atoms with E-state index in [0.717, 1.165) is 78.0 Å². The van der Waals surface area contributed by atoms with Crippen LogP contribution in [0.3, 0.4) is 0 Å². The third kappa shape index (κ3) is 6.38. The predicted octanol–water partition coefficient (Wildman–Crippen LogP) is 7.22. The number of hydrogen-bond donors (Lipinski definition) is 1. The summed E-state index contributed by atoms with van der Waals surface area (Å²) in [7, 11) is 1.80. The molecule has 2 aromatic carbocycles. The van der Waals surface area contributed by atoms with Crippen LogP contribution in [0.25, 0.3) is 5.57 Å². The third-order valence-electron chi connectivity index (χ3n) is 6.90. The summed E-state index contributed by atoms with van der Waals surface area (Å²) in [5, 5.41) is 3.48. The minimum absolute atomic E-state index is 0.102. The first-order chi connectivity index (χ1) is 17.2. The summed E-state index contributed by atoms with van der Waals surface area (Å²) in [5.41, 5.74) is 4.92. The van der Waals surface area contributed by atoms with Crippen LogP contribution in [-0.2, 0) is 22.1 Å². The predicted molar refractivity (Wildman–Crippen MR) is 138 cm³/mol. The van der Waals surface area contributed by atoms with Crippen LogP contribution < -0.4 is 10.2 Å². The highest BCUT2D eigenvalue weighted by molar-refractivity contribution is 5.96. The molecule has 4 nitrogen and oxygen atoms in total. The molecule has 0 aromatic heterocycles. The van der Waals surface area contributed by atoms with Crippen LogP contribution in [0.5, 0.6) is 0 Å². The topological polar surface area (TPSA) is 41.6 Å². The van der Waals surface area contributed by atoms with Gasteiger partial charge in [0.2, 0.25) is 5.91 Å². The second-order valence-electron chi connectivity index (χ2n) is 9.49. The van der Waals surface area contributed by atoms with Crippen molar-refractivity contribution in [3.63, 3.8) is 0 Å². The molecular formula is C29H33F3N2O2. The fraction of sp³-hybridized carbons (Fsp3) is 0.414. The van der Waals surface area contributed by atoms with E-state index in [1.807, 2.05) is 25.1 Å². The summed E-state index contributed by atoms with van der Waals surface area (Å²) in [5.74, 6) is 0.517. The number of nitrogens with one attached hydrogen (secondary N) is 1. The highest BCUT2D eigenvalue weighted by atomic mass is 19.4. The zero-order valence-corrected chi connectivity index (χ0v) is 20.8. The lowest BCUT2D eigenvalue weighted by molar-refractivity contribution is -0.137. The van der Waals surface area contributed by atoms with E-state index in [-0.39, 0.29) is 5.91 Å². The molecule has 0 radical (unpaired) electrons. The molecule has 2 aliphatic heterocycles. The maximum atomic E-state index is 13.1. The van der Waals surface area contributed by atoms with Crippen LogP contribution in [0.1, 0.15) is 55.7 Å². The number of hydrogen-bond acceptors (Lipinski definition) is 3. The minimum Gasteiger partial charge on any atom is -0.381 e. The first-order valence-corrected chi connectivity index (χ1v) is 12.6. The Bertz CT molecular complexity index is 1130. The molecule has 0 unspecified atom stereocenters. The summed E-state index contributed by atoms with van der Waals surface area (Å²) in [4.78, 5) is 13.9. The summed E-state index contributed by atoms with van der Waals surface area (Å²) in [6.45, 7) is 3.47. The molecule has 2 aromatic rings. The monoisotopic (exact) mass is 498 g/mol. The lowest BCUT2D eigenvalue weighted by atomic mass is 9.88. The summed E-state index contributed by atoms with van der Waals surface area (Å²) in [6, 6.07) is 11.5. The normalized spacial score (nSPS) is 17.8. The molecule has 192 valence electrons. The number of benzene rings is 2. The van der Waals surface area contributed by atoms with Gasteiger partial charge in [0.05, 0.1) is 5.56 Å². The van der Waals surface area contributed by atoms with Gasteiger partial charge in [-0.3, -0.25) is 4.79 Å². The van der Waals surface area contributed by atoms with Gasteiger partial charge in [0.1, 0.15) is 0 Å². The van der Waals surface area contributed by atoms with Gasteiger partial charge in [-0.1, -0.05) is 31.2 Å². The molecule has 2 heterocycles. The number of rotatable bonds is 7. The lowest BCUT2D eigenvalue weighted by Gasteiger charge is -2.26. The summed E-state index contributed by atoms with van der Waals surface area (Å²) >= 11 is 0. The first kappa shape index (κ1) is 26.0. The molecule has 0 spiro atoms. The molecule has 4 rings (SSSR count). The largest absolute Gasteiger partial charge is 0.416 e. The molecule has 2 aliphatic rings. The quantitative estimate of drug-likeness (QED) is 0.410. The van der Waals surface area contributed by atoms with Crippen LogP contribution in [-0.4, -0.2) is 26.2 Å². The Morgan fingerprint density at radius 1 is 1.11 bits per heavy atom. The van der Waals surface area contributed by atoms with E-state index in [4.69, 9.17) is 4.74 Å². The van der Waals surface area contributed by atoms with Crippen molar-refractivity contribution in [3.8, 4) is 0 Å². The maximum absolute atomic E-state index is 13.1. The van der Waals surface area contributed by atoms with Crippen molar-refractivity contribution in [2.45, 2.75) is 51.6 Å². The van der Waals surface area contributed by atoms with E-state index in [1.54, 1.807) is 24.1 Å². The number of anilines is 2. The van der Waals surface area contributed by atoms with Gasteiger partial charge in [0.15, 0.2) is 0 Å². The number of fused-ring (bicyclic) bond motifs is 1. The zero-order valence-electron chi connectivity index (χ0n) is 20.8. The Kier molecular flexibility index (Phi) is 8.19. The molecule has 1 amide bonds. The van der Waals surface area contributed by atoms with Crippen LogP contribution in [0, 0.1) is 5.92 Å². The summed E-state index contributed by atoms with van der Waals surface area (Å²) < 4.78 is 44.9. The fourth-order valence-corrected chi connectivity index (χ4v) is 4.82. The van der Waals surface area contributed by atoms with E-state index >= 15 is 0 Å². The SMILES string of the molecule is CC/C=C(/C=C(\CC1CCOCC1)c1ccc(C(F)(F)F)cc1)Nc1ccc2c(c1)N(C)C(=O)CC2. The van der Waals surface area contributed by atoms with Crippen molar-refractivity contribution in [2.24, 2.45) is 5.92 Å². The molecule has 7 heteroatoms. The maximum Gasteiger partial charge on any atom is 0.416 e. The van der Waals surface area contributed by atoms with Crippen molar-refractivity contribution in [2.75, 3.05) is 30.5 Å². The molecule has 1 N–H and O–H groups in total. The Morgan fingerprint density at radius 2 is 1.83 bits per heavy atom. The molecular weight excluding hydrogens is 465 g/mol. The highest BCUT2D eigenvalue weighted by Crippen LogP contribution is 2.34. The average molecular weight is 499 g/mol. The van der Waals surface area contributed by atoms with E-state index in [2.05, 4.69) is 17.5 Å². The van der Waals surface area contributed by atoms with Crippen molar-refractivity contribution in [3.05, 3.63) is 77.0 Å². The number of ether oxygens (including phenoxy) is 1. The van der Waals surface area contributed by atoms with Crippen molar-refractivity contribution < 1.29 is 22.7 Å². The van der Waals surface area contributed by atoms with Gasteiger partial charge in [-0.15, -0.1) is 0 Å². The Balaban J connectivity index is 1.64. The summed E-state index contributed by atoms with van der Waals surface area (Å²) in [6.07, 6.45) is 4.44. The number of aryl methyl sites for hydroxylation is 1. The third-order valence-corrected chi connectivity index (χ3v) is 6.90. The van der Waals surface area contributed by atoms with Crippen LogP contribution in [0.15, 0.2) is 60.3 Å². The van der Waals surface area contributed by atoms with Gasteiger partial charge in [-0.25, -0.2) is 0 Å². The Labute approximate surface area is 210 Å². The smallest absolute Gasteiger partial charge is 0.381 e. The van der Waals surface area contributed by atoms with Gasteiger partial charge in [-0.2, -0.15) is 13.2 Å². The van der Waals surface area contributed by atoms with Crippen molar-refractivity contribution in [1.29, 1.82) is 0 Å². The highest BCUT2D eigenvalue weighted by Gasteiger charge is 2.30. The number of alkyl halides is 3. The first-order valence-electron chi connectivity index (χ1n) is 12.6. The second kappa shape index (κ2) is 11.3. The Hall–Kier alpha value is -3.06. The van der Waals surface area contributed by atoms with Crippen LogP contribution in [0.2, 0.25) is 0 Å². The van der Waals surface area contributed by atoms with E-state index in [9.17, 15) is 18.0 Å². The average Bonchev–Trinajstić information content (AvgIpc) is 2.86. The number of amides is 1. The molecule has 36 heavy (non-hydrogen) atoms. The fourth-order valence-electron chi connectivity index (χ4n) is 4.82. The molecule has 0 saturated carbocycles. The molecule has 0 atom stereocenters. The van der Waals surface area contributed by atoms with Crippen molar-refractivity contribution >= 4 is 22.9 Å². The Morgan fingerprint density at radius 3 is 2.50 bits per heavy atom.